The van der Waals surface area contributed by atoms with E-state index >= 15 is 0 Å². The second kappa shape index (κ2) is 5.41. The zero-order chi connectivity index (χ0) is 12.3. The lowest BCUT2D eigenvalue weighted by Gasteiger charge is -2.34. The minimum absolute atomic E-state index is 0.369. The summed E-state index contributed by atoms with van der Waals surface area (Å²) in [6.45, 7) is 0. The van der Waals surface area contributed by atoms with Crippen molar-refractivity contribution >= 4 is 0 Å². The lowest BCUT2D eigenvalue weighted by Crippen LogP contribution is -2.30. The molecule has 17 heavy (non-hydrogen) atoms. The molecule has 1 aromatic carbocycles. The second-order valence-electron chi connectivity index (χ2n) is 4.57. The first-order valence-corrected chi connectivity index (χ1v) is 6.19. The minimum Gasteiger partial charge on any atom is -0.497 e. The van der Waals surface area contributed by atoms with Crippen LogP contribution in [-0.2, 0) is 0 Å². The summed E-state index contributed by atoms with van der Waals surface area (Å²) in [5, 5.41) is 3.41. The van der Waals surface area contributed by atoms with Crippen LogP contribution in [0, 0.1) is 5.92 Å². The highest BCUT2D eigenvalue weighted by Gasteiger charge is 2.29. The molecule has 1 N–H and O–H groups in total. The van der Waals surface area contributed by atoms with Crippen LogP contribution in [0.1, 0.15) is 30.9 Å². The van der Waals surface area contributed by atoms with Crippen LogP contribution < -0.4 is 14.8 Å². The van der Waals surface area contributed by atoms with Gasteiger partial charge in [-0.1, -0.05) is 6.42 Å². The standard InChI is InChI=1S/C14H21NO2/c1-15-14(10-5-4-6-10)12-9-11(16-2)7-8-13(12)17-3/h7-10,14-15H,4-6H2,1-3H3. The van der Waals surface area contributed by atoms with E-state index < -0.39 is 0 Å². The summed E-state index contributed by atoms with van der Waals surface area (Å²) in [7, 11) is 5.43. The second-order valence-corrected chi connectivity index (χ2v) is 4.57. The molecule has 1 aliphatic rings. The number of hydrogen-bond acceptors (Lipinski definition) is 3. The van der Waals surface area contributed by atoms with Gasteiger partial charge in [0.2, 0.25) is 0 Å². The maximum absolute atomic E-state index is 5.45. The molecule has 0 spiro atoms. The SMILES string of the molecule is CNC(c1cc(OC)ccc1OC)C1CCC1. The van der Waals surface area contributed by atoms with Gasteiger partial charge >= 0.3 is 0 Å². The molecular formula is C14H21NO2. The van der Waals surface area contributed by atoms with Crippen LogP contribution >= 0.6 is 0 Å². The van der Waals surface area contributed by atoms with Gasteiger partial charge < -0.3 is 14.8 Å². The Morgan fingerprint density at radius 1 is 1.24 bits per heavy atom. The number of ether oxygens (including phenoxy) is 2. The van der Waals surface area contributed by atoms with Gasteiger partial charge in [0.15, 0.2) is 0 Å². The zero-order valence-corrected chi connectivity index (χ0v) is 10.8. The highest BCUT2D eigenvalue weighted by Crippen LogP contribution is 2.41. The van der Waals surface area contributed by atoms with Gasteiger partial charge in [-0.3, -0.25) is 0 Å². The van der Waals surface area contributed by atoms with Crippen molar-refractivity contribution in [3.05, 3.63) is 23.8 Å². The van der Waals surface area contributed by atoms with Gasteiger partial charge in [-0.2, -0.15) is 0 Å². The summed E-state index contributed by atoms with van der Waals surface area (Å²) in [5.74, 6) is 2.55. The Morgan fingerprint density at radius 3 is 2.47 bits per heavy atom. The first-order valence-electron chi connectivity index (χ1n) is 6.19. The monoisotopic (exact) mass is 235 g/mol. The summed E-state index contributed by atoms with van der Waals surface area (Å²) < 4.78 is 10.7. The summed E-state index contributed by atoms with van der Waals surface area (Å²) in [4.78, 5) is 0. The number of hydrogen-bond donors (Lipinski definition) is 1. The molecule has 0 heterocycles. The average Bonchev–Trinajstić information content (AvgIpc) is 2.32. The number of rotatable bonds is 5. The topological polar surface area (TPSA) is 30.5 Å². The van der Waals surface area contributed by atoms with Gasteiger partial charge in [0, 0.05) is 11.6 Å². The molecule has 0 amide bonds. The molecule has 1 aliphatic carbocycles. The predicted molar refractivity (Wildman–Crippen MR) is 68.7 cm³/mol. The van der Waals surface area contributed by atoms with Gasteiger partial charge in [-0.25, -0.2) is 0 Å². The maximum Gasteiger partial charge on any atom is 0.123 e. The predicted octanol–water partition coefficient (Wildman–Crippen LogP) is 2.76. The van der Waals surface area contributed by atoms with E-state index in [9.17, 15) is 0 Å². The molecule has 1 atom stereocenters. The van der Waals surface area contributed by atoms with Gasteiger partial charge in [0.05, 0.1) is 14.2 Å². The van der Waals surface area contributed by atoms with E-state index in [-0.39, 0.29) is 0 Å². The smallest absolute Gasteiger partial charge is 0.123 e. The Kier molecular flexibility index (Phi) is 3.89. The largest absolute Gasteiger partial charge is 0.497 e. The van der Waals surface area contributed by atoms with E-state index in [1.165, 1.54) is 24.8 Å². The van der Waals surface area contributed by atoms with E-state index in [0.29, 0.717) is 6.04 Å². The van der Waals surface area contributed by atoms with Gasteiger partial charge in [0.25, 0.3) is 0 Å². The fraction of sp³-hybridized carbons (Fsp3) is 0.571. The highest BCUT2D eigenvalue weighted by atomic mass is 16.5. The Bertz CT molecular complexity index is 374. The fourth-order valence-corrected chi connectivity index (χ4v) is 2.50. The Balaban J connectivity index is 2.31. The van der Waals surface area contributed by atoms with Gasteiger partial charge in [0.1, 0.15) is 11.5 Å². The van der Waals surface area contributed by atoms with E-state index in [4.69, 9.17) is 9.47 Å². The van der Waals surface area contributed by atoms with Crippen molar-refractivity contribution < 1.29 is 9.47 Å². The average molecular weight is 235 g/mol. The van der Waals surface area contributed by atoms with Crippen molar-refractivity contribution in [2.75, 3.05) is 21.3 Å². The third-order valence-electron chi connectivity index (χ3n) is 3.70. The van der Waals surface area contributed by atoms with E-state index in [1.807, 2.05) is 19.2 Å². The van der Waals surface area contributed by atoms with Crippen LogP contribution in [0.4, 0.5) is 0 Å². The molecule has 3 nitrogen and oxygen atoms in total. The molecule has 2 rings (SSSR count). The van der Waals surface area contributed by atoms with Gasteiger partial charge in [-0.15, -0.1) is 0 Å². The molecule has 1 saturated carbocycles. The third kappa shape index (κ3) is 2.39. The van der Waals surface area contributed by atoms with Crippen molar-refractivity contribution in [3.8, 4) is 11.5 Å². The molecule has 1 aromatic rings. The Morgan fingerprint density at radius 2 is 2.00 bits per heavy atom. The lowest BCUT2D eigenvalue weighted by atomic mass is 9.77. The van der Waals surface area contributed by atoms with E-state index in [0.717, 1.165) is 17.4 Å². The molecule has 0 aliphatic heterocycles. The molecule has 0 bridgehead atoms. The van der Waals surface area contributed by atoms with Crippen molar-refractivity contribution in [3.63, 3.8) is 0 Å². The highest BCUT2D eigenvalue weighted by molar-refractivity contribution is 5.42. The van der Waals surface area contributed by atoms with E-state index in [1.54, 1.807) is 14.2 Å². The molecule has 0 radical (unpaired) electrons. The third-order valence-corrected chi connectivity index (χ3v) is 3.70. The first kappa shape index (κ1) is 12.2. The normalized spacial score (nSPS) is 17.4. The molecular weight excluding hydrogens is 214 g/mol. The van der Waals surface area contributed by atoms with Crippen LogP contribution in [0.5, 0.6) is 11.5 Å². The van der Waals surface area contributed by atoms with Crippen LogP contribution in [0.2, 0.25) is 0 Å². The molecule has 1 unspecified atom stereocenters. The zero-order valence-electron chi connectivity index (χ0n) is 10.8. The summed E-state index contributed by atoms with van der Waals surface area (Å²) in [6, 6.07) is 6.37. The van der Waals surface area contributed by atoms with Crippen molar-refractivity contribution in [1.82, 2.24) is 5.32 Å². The first-order chi connectivity index (χ1) is 8.30. The Labute approximate surface area is 103 Å². The van der Waals surface area contributed by atoms with Gasteiger partial charge in [-0.05, 0) is 44.0 Å². The van der Waals surface area contributed by atoms with E-state index in [2.05, 4.69) is 11.4 Å². The summed E-state index contributed by atoms with van der Waals surface area (Å²) in [6.07, 6.45) is 3.94. The van der Waals surface area contributed by atoms with Crippen LogP contribution in [0.25, 0.3) is 0 Å². The lowest BCUT2D eigenvalue weighted by molar-refractivity contribution is 0.234. The van der Waals surface area contributed by atoms with Crippen LogP contribution in [0.3, 0.4) is 0 Å². The van der Waals surface area contributed by atoms with Crippen LogP contribution in [-0.4, -0.2) is 21.3 Å². The minimum atomic E-state index is 0.369. The van der Waals surface area contributed by atoms with Crippen LogP contribution in [0.15, 0.2) is 18.2 Å². The molecule has 94 valence electrons. The number of benzene rings is 1. The maximum atomic E-state index is 5.45. The quantitative estimate of drug-likeness (QED) is 0.851. The molecule has 1 fully saturated rings. The number of nitrogens with one attached hydrogen (secondary N) is 1. The summed E-state index contributed by atoms with van der Waals surface area (Å²) >= 11 is 0. The molecule has 0 saturated heterocycles. The van der Waals surface area contributed by atoms with Crippen molar-refractivity contribution in [2.45, 2.75) is 25.3 Å². The summed E-state index contributed by atoms with van der Waals surface area (Å²) in [5.41, 5.74) is 1.21. The van der Waals surface area contributed by atoms with Crippen molar-refractivity contribution in [1.29, 1.82) is 0 Å². The Hall–Kier alpha value is -1.22. The fourth-order valence-electron chi connectivity index (χ4n) is 2.50. The van der Waals surface area contributed by atoms with Crippen molar-refractivity contribution in [2.24, 2.45) is 5.92 Å². The number of methoxy groups -OCH3 is 2. The molecule has 3 heteroatoms. The molecule has 0 aromatic heterocycles.